The van der Waals surface area contributed by atoms with Gasteiger partial charge in [0.2, 0.25) is 0 Å². The molecule has 3 rings (SSSR count). The van der Waals surface area contributed by atoms with Crippen LogP contribution in [0.15, 0.2) is 48.5 Å². The Morgan fingerprint density at radius 3 is 2.36 bits per heavy atom. The largest absolute Gasteiger partial charge is 0.416 e. The van der Waals surface area contributed by atoms with Gasteiger partial charge in [-0.1, -0.05) is 12.1 Å². The van der Waals surface area contributed by atoms with E-state index in [0.717, 1.165) is 18.6 Å². The number of nitrogens with one attached hydrogen (secondary N) is 3. The van der Waals surface area contributed by atoms with Crippen LogP contribution < -0.4 is 16.2 Å². The van der Waals surface area contributed by atoms with Gasteiger partial charge in [-0.15, -0.1) is 0 Å². The van der Waals surface area contributed by atoms with Crippen molar-refractivity contribution in [2.24, 2.45) is 0 Å². The Morgan fingerprint density at radius 2 is 1.71 bits per heavy atom. The highest BCUT2D eigenvalue weighted by atomic mass is 19.4. The summed E-state index contributed by atoms with van der Waals surface area (Å²) in [4.78, 5) is 24.3. The maximum absolute atomic E-state index is 12.7. The summed E-state index contributed by atoms with van der Waals surface area (Å²) in [5.74, 6) is -1.000. The lowest BCUT2D eigenvalue weighted by Crippen LogP contribution is -2.46. The third-order valence-electron chi connectivity index (χ3n) is 4.18. The monoisotopic (exact) mass is 393 g/mol. The number of halogens is 3. The lowest BCUT2D eigenvalue weighted by molar-refractivity contribution is -0.137. The van der Waals surface area contributed by atoms with Crippen LogP contribution >= 0.6 is 0 Å². The standard InChI is InChI=1S/C19H18F3N3O3/c20-19(21,22)12-7-9-13(10-8-12)23-15-5-2-1-4-14(15)17(26)24-25-18(27)16-6-3-11-28-16/h1-2,4-5,7-10,16,23H,3,6,11H2,(H,24,26)(H,25,27). The zero-order valence-corrected chi connectivity index (χ0v) is 14.7. The number of alkyl halides is 3. The van der Waals surface area contributed by atoms with E-state index in [0.29, 0.717) is 24.4 Å². The predicted molar refractivity (Wildman–Crippen MR) is 95.8 cm³/mol. The van der Waals surface area contributed by atoms with Gasteiger partial charge in [-0.05, 0) is 49.2 Å². The molecule has 0 aromatic heterocycles. The van der Waals surface area contributed by atoms with E-state index in [1.54, 1.807) is 18.2 Å². The van der Waals surface area contributed by atoms with Crippen LogP contribution in [0.1, 0.15) is 28.8 Å². The van der Waals surface area contributed by atoms with Gasteiger partial charge < -0.3 is 10.1 Å². The summed E-state index contributed by atoms with van der Waals surface area (Å²) in [5, 5.41) is 2.91. The molecule has 2 aromatic carbocycles. The van der Waals surface area contributed by atoms with Crippen molar-refractivity contribution in [3.8, 4) is 0 Å². The first-order valence-electron chi connectivity index (χ1n) is 8.60. The minimum atomic E-state index is -4.42. The molecular formula is C19H18F3N3O3. The number of benzene rings is 2. The Kier molecular flexibility index (Phi) is 5.84. The highest BCUT2D eigenvalue weighted by molar-refractivity contribution is 6.01. The molecule has 0 aliphatic carbocycles. The first-order valence-corrected chi connectivity index (χ1v) is 8.60. The molecule has 148 valence electrons. The minimum absolute atomic E-state index is 0.218. The number of hydrogen-bond donors (Lipinski definition) is 3. The van der Waals surface area contributed by atoms with Gasteiger partial charge >= 0.3 is 6.18 Å². The first-order chi connectivity index (χ1) is 13.3. The average molecular weight is 393 g/mol. The Hall–Kier alpha value is -3.07. The third-order valence-corrected chi connectivity index (χ3v) is 4.18. The van der Waals surface area contributed by atoms with Crippen LogP contribution in [0.5, 0.6) is 0 Å². The summed E-state index contributed by atoms with van der Waals surface area (Å²) in [6.07, 6.45) is -3.63. The first kappa shape index (κ1) is 19.7. The van der Waals surface area contributed by atoms with E-state index < -0.39 is 29.7 Å². The molecule has 9 heteroatoms. The summed E-state index contributed by atoms with van der Waals surface area (Å²) in [5.41, 5.74) is 4.87. The number of anilines is 2. The Bertz CT molecular complexity index is 847. The second-order valence-corrected chi connectivity index (χ2v) is 6.19. The molecule has 1 unspecified atom stereocenters. The van der Waals surface area contributed by atoms with Crippen LogP contribution in [-0.4, -0.2) is 24.5 Å². The molecule has 28 heavy (non-hydrogen) atoms. The van der Waals surface area contributed by atoms with Crippen molar-refractivity contribution >= 4 is 23.2 Å². The van der Waals surface area contributed by atoms with E-state index in [1.807, 2.05) is 0 Å². The fourth-order valence-electron chi connectivity index (χ4n) is 2.74. The molecule has 0 spiro atoms. The zero-order valence-electron chi connectivity index (χ0n) is 14.7. The summed E-state index contributed by atoms with van der Waals surface area (Å²) >= 11 is 0. The molecule has 1 heterocycles. The number of hydrazine groups is 1. The van der Waals surface area contributed by atoms with Crippen molar-refractivity contribution in [2.45, 2.75) is 25.1 Å². The Morgan fingerprint density at radius 1 is 1.00 bits per heavy atom. The van der Waals surface area contributed by atoms with Crippen molar-refractivity contribution in [3.05, 3.63) is 59.7 Å². The van der Waals surface area contributed by atoms with Gasteiger partial charge in [-0.25, -0.2) is 0 Å². The number of carbonyl (C=O) groups is 2. The second kappa shape index (κ2) is 8.30. The molecule has 6 nitrogen and oxygen atoms in total. The predicted octanol–water partition coefficient (Wildman–Crippen LogP) is 3.39. The fourth-order valence-corrected chi connectivity index (χ4v) is 2.74. The van der Waals surface area contributed by atoms with Gasteiger partial charge in [0.15, 0.2) is 0 Å². The fraction of sp³-hybridized carbons (Fsp3) is 0.263. The Balaban J connectivity index is 1.66. The highest BCUT2D eigenvalue weighted by Gasteiger charge is 2.30. The van der Waals surface area contributed by atoms with Crippen LogP contribution in [-0.2, 0) is 15.7 Å². The average Bonchev–Trinajstić information content (AvgIpc) is 3.21. The van der Waals surface area contributed by atoms with Gasteiger partial charge in [-0.3, -0.25) is 20.4 Å². The van der Waals surface area contributed by atoms with Gasteiger partial charge in [0, 0.05) is 12.3 Å². The molecule has 0 saturated carbocycles. The summed E-state index contributed by atoms with van der Waals surface area (Å²) in [7, 11) is 0. The van der Waals surface area contributed by atoms with Crippen LogP contribution in [0.4, 0.5) is 24.5 Å². The van der Waals surface area contributed by atoms with Crippen molar-refractivity contribution < 1.29 is 27.5 Å². The molecule has 1 saturated heterocycles. The molecule has 2 aromatic rings. The van der Waals surface area contributed by atoms with Crippen LogP contribution in [0.25, 0.3) is 0 Å². The van der Waals surface area contributed by atoms with E-state index >= 15 is 0 Å². The molecule has 0 radical (unpaired) electrons. The normalized spacial score (nSPS) is 16.5. The van der Waals surface area contributed by atoms with Gasteiger partial charge in [0.1, 0.15) is 6.10 Å². The topological polar surface area (TPSA) is 79.5 Å². The molecule has 1 atom stereocenters. The third kappa shape index (κ3) is 4.80. The molecule has 1 aliphatic heterocycles. The molecule has 1 fully saturated rings. The number of rotatable bonds is 4. The maximum atomic E-state index is 12.7. The Labute approximate surface area is 159 Å². The number of carbonyl (C=O) groups excluding carboxylic acids is 2. The van der Waals surface area contributed by atoms with E-state index in [9.17, 15) is 22.8 Å². The number of hydrogen-bond acceptors (Lipinski definition) is 4. The lowest BCUT2D eigenvalue weighted by Gasteiger charge is -2.15. The molecule has 3 N–H and O–H groups in total. The lowest BCUT2D eigenvalue weighted by atomic mass is 10.1. The van der Waals surface area contributed by atoms with Crippen LogP contribution in [0, 0.1) is 0 Å². The molecule has 0 bridgehead atoms. The van der Waals surface area contributed by atoms with Crippen molar-refractivity contribution in [1.29, 1.82) is 0 Å². The smallest absolute Gasteiger partial charge is 0.368 e. The number of ether oxygens (including phenoxy) is 1. The highest BCUT2D eigenvalue weighted by Crippen LogP contribution is 2.30. The van der Waals surface area contributed by atoms with E-state index in [4.69, 9.17) is 4.74 Å². The van der Waals surface area contributed by atoms with E-state index in [-0.39, 0.29) is 5.56 Å². The maximum Gasteiger partial charge on any atom is 0.416 e. The second-order valence-electron chi connectivity index (χ2n) is 6.19. The zero-order chi connectivity index (χ0) is 20.1. The number of para-hydroxylation sites is 1. The van der Waals surface area contributed by atoms with Gasteiger partial charge in [0.05, 0.1) is 16.8 Å². The van der Waals surface area contributed by atoms with E-state index in [1.165, 1.54) is 18.2 Å². The van der Waals surface area contributed by atoms with Crippen molar-refractivity contribution in [3.63, 3.8) is 0 Å². The van der Waals surface area contributed by atoms with Crippen molar-refractivity contribution in [1.82, 2.24) is 10.9 Å². The molecule has 1 aliphatic rings. The summed E-state index contributed by atoms with van der Waals surface area (Å²) in [6, 6.07) is 10.9. The van der Waals surface area contributed by atoms with Crippen LogP contribution in [0.3, 0.4) is 0 Å². The van der Waals surface area contributed by atoms with Gasteiger partial charge in [0.25, 0.3) is 11.8 Å². The van der Waals surface area contributed by atoms with E-state index in [2.05, 4.69) is 16.2 Å². The summed E-state index contributed by atoms with van der Waals surface area (Å²) in [6.45, 7) is 0.506. The van der Waals surface area contributed by atoms with Crippen LogP contribution in [0.2, 0.25) is 0 Å². The SMILES string of the molecule is O=C(NNC(=O)C1CCCO1)c1ccccc1Nc1ccc(C(F)(F)F)cc1. The van der Waals surface area contributed by atoms with Gasteiger partial charge in [-0.2, -0.15) is 13.2 Å². The molecular weight excluding hydrogens is 375 g/mol. The molecule has 2 amide bonds. The number of amides is 2. The quantitative estimate of drug-likeness (QED) is 0.696. The minimum Gasteiger partial charge on any atom is -0.368 e. The van der Waals surface area contributed by atoms with Crippen molar-refractivity contribution in [2.75, 3.05) is 11.9 Å². The summed E-state index contributed by atoms with van der Waals surface area (Å²) < 4.78 is 43.2.